The van der Waals surface area contributed by atoms with E-state index in [2.05, 4.69) is 4.72 Å². The van der Waals surface area contributed by atoms with Crippen LogP contribution >= 0.6 is 11.6 Å². The van der Waals surface area contributed by atoms with Crippen LogP contribution in [0.15, 0.2) is 12.1 Å². The van der Waals surface area contributed by atoms with E-state index in [4.69, 9.17) is 22.1 Å². The number of hydrogen-bond donors (Lipinski definition) is 2. The van der Waals surface area contributed by atoms with E-state index in [1.54, 1.807) is 27.7 Å². The minimum absolute atomic E-state index is 0.0187. The number of nitrogens with one attached hydrogen (secondary N) is 1. The van der Waals surface area contributed by atoms with Crippen molar-refractivity contribution >= 4 is 34.6 Å². The number of hydrogen-bond acceptors (Lipinski definition) is 5. The van der Waals surface area contributed by atoms with Gasteiger partial charge in [-0.2, -0.15) is 0 Å². The van der Waals surface area contributed by atoms with Gasteiger partial charge in [0.25, 0.3) is 0 Å². The Hall–Kier alpha value is -1.02. The van der Waals surface area contributed by atoms with Gasteiger partial charge in [-0.15, -0.1) is 4.72 Å². The van der Waals surface area contributed by atoms with Crippen LogP contribution in [0.1, 0.15) is 39.7 Å². The maximum atomic E-state index is 13.5. The molecule has 0 radical (unpaired) electrons. The van der Waals surface area contributed by atoms with E-state index in [1.165, 1.54) is 13.2 Å². The molecule has 0 aliphatic heterocycles. The molecule has 0 aliphatic rings. The summed E-state index contributed by atoms with van der Waals surface area (Å²) >= 11 is 4.65. The molecule has 23 heavy (non-hydrogen) atoms. The molecule has 0 saturated heterocycles. The summed E-state index contributed by atoms with van der Waals surface area (Å²) < 4.78 is 33.1. The minimum atomic E-state index is -1.50. The highest BCUT2D eigenvalue weighted by atomic mass is 35.5. The van der Waals surface area contributed by atoms with E-state index in [1.807, 2.05) is 0 Å². The highest BCUT2D eigenvalue weighted by Crippen LogP contribution is 2.37. The zero-order valence-electron chi connectivity index (χ0n) is 13.8. The van der Waals surface area contributed by atoms with E-state index in [0.717, 1.165) is 6.07 Å². The van der Waals surface area contributed by atoms with Crippen LogP contribution in [-0.2, 0) is 26.4 Å². The Morgan fingerprint density at radius 3 is 2.48 bits per heavy atom. The molecule has 0 spiro atoms. The van der Waals surface area contributed by atoms with Gasteiger partial charge < -0.3 is 15.0 Å². The molecule has 0 aliphatic carbocycles. The average molecular weight is 365 g/mol. The maximum Gasteiger partial charge on any atom is 0.307 e. The summed E-state index contributed by atoms with van der Waals surface area (Å²) in [6.45, 7) is 7.01. The van der Waals surface area contributed by atoms with E-state index in [9.17, 15) is 13.7 Å². The van der Waals surface area contributed by atoms with Crippen LogP contribution in [0.2, 0.25) is 5.02 Å². The van der Waals surface area contributed by atoms with E-state index in [-0.39, 0.29) is 17.1 Å². The third kappa shape index (κ3) is 4.73. The summed E-state index contributed by atoms with van der Waals surface area (Å²) in [6.07, 6.45) is -0.143. The molecule has 0 aromatic heterocycles. The quantitative estimate of drug-likeness (QED) is 0.476. The van der Waals surface area contributed by atoms with Crippen molar-refractivity contribution in [1.29, 1.82) is 0 Å². The third-order valence-corrected chi connectivity index (χ3v) is 5.48. The van der Waals surface area contributed by atoms with Crippen molar-refractivity contribution in [2.24, 2.45) is 0 Å². The zero-order chi connectivity index (χ0) is 18.0. The Morgan fingerprint density at radius 2 is 2.00 bits per heavy atom. The summed E-state index contributed by atoms with van der Waals surface area (Å²) in [4.78, 5) is 11.8. The lowest BCUT2D eigenvalue weighted by Gasteiger charge is -2.35. The number of methoxy groups -OCH3 is 1. The van der Waals surface area contributed by atoms with Gasteiger partial charge in [0.15, 0.2) is 0 Å². The van der Waals surface area contributed by atoms with Crippen LogP contribution in [0.3, 0.4) is 0 Å². The van der Waals surface area contributed by atoms with E-state index < -0.39 is 33.4 Å². The number of esters is 1. The highest BCUT2D eigenvalue weighted by molar-refractivity contribution is 7.90. The molecule has 0 fully saturated rings. The molecule has 5 nitrogen and oxygen atoms in total. The monoisotopic (exact) mass is 364 g/mol. The number of anilines is 1. The second-order valence-electron chi connectivity index (χ2n) is 6.39. The molecular weight excluding hydrogens is 343 g/mol. The number of halogens is 2. The van der Waals surface area contributed by atoms with Crippen LogP contribution in [0.5, 0.6) is 0 Å². The molecule has 0 saturated carbocycles. The summed E-state index contributed by atoms with van der Waals surface area (Å²) in [5, 5.41) is -0.0187. The van der Waals surface area contributed by atoms with Gasteiger partial charge in [-0.25, -0.2) is 4.39 Å². The fraction of sp³-hybridized carbons (Fsp3) is 0.533. The van der Waals surface area contributed by atoms with Crippen molar-refractivity contribution in [2.45, 2.75) is 44.4 Å². The Morgan fingerprint density at radius 1 is 1.43 bits per heavy atom. The molecule has 0 bridgehead atoms. The van der Waals surface area contributed by atoms with Crippen LogP contribution in [-0.4, -0.2) is 22.4 Å². The summed E-state index contributed by atoms with van der Waals surface area (Å²) in [5.74, 6) is -1.18. The summed E-state index contributed by atoms with van der Waals surface area (Å²) in [6, 6.07) is 2.58. The first kappa shape index (κ1) is 20.0. The molecule has 0 amide bonds. The fourth-order valence-corrected chi connectivity index (χ4v) is 3.16. The highest BCUT2D eigenvalue weighted by Gasteiger charge is 2.40. The maximum absolute atomic E-state index is 13.5. The van der Waals surface area contributed by atoms with Gasteiger partial charge in [0.1, 0.15) is 10.6 Å². The number of benzene rings is 1. The predicted octanol–water partition coefficient (Wildman–Crippen LogP) is 2.89. The molecule has 0 heterocycles. The molecular formula is C15H22ClFN2O3S. The van der Waals surface area contributed by atoms with Crippen molar-refractivity contribution < 1.29 is 18.5 Å². The van der Waals surface area contributed by atoms with Gasteiger partial charge in [0, 0.05) is 11.4 Å². The van der Waals surface area contributed by atoms with Gasteiger partial charge in [-0.05, 0) is 39.3 Å². The average Bonchev–Trinajstić information content (AvgIpc) is 2.43. The van der Waals surface area contributed by atoms with Crippen LogP contribution in [0.4, 0.5) is 10.1 Å². The zero-order valence-corrected chi connectivity index (χ0v) is 15.4. The van der Waals surface area contributed by atoms with Crippen molar-refractivity contribution in [3.8, 4) is 0 Å². The normalized spacial score (nSPS) is 15.8. The Bertz CT molecular complexity index is 595. The van der Waals surface area contributed by atoms with Crippen molar-refractivity contribution in [3.63, 3.8) is 0 Å². The fourth-order valence-electron chi connectivity index (χ4n) is 1.90. The lowest BCUT2D eigenvalue weighted by Crippen LogP contribution is -2.51. The van der Waals surface area contributed by atoms with Gasteiger partial charge >= 0.3 is 5.97 Å². The topological polar surface area (TPSA) is 87.4 Å². The van der Waals surface area contributed by atoms with Crippen LogP contribution in [0.25, 0.3) is 0 Å². The first-order valence-electron chi connectivity index (χ1n) is 6.93. The number of nitrogen functional groups attached to an aromatic ring is 1. The summed E-state index contributed by atoms with van der Waals surface area (Å²) in [7, 11) is 1.25. The van der Waals surface area contributed by atoms with E-state index in [0.29, 0.717) is 5.56 Å². The summed E-state index contributed by atoms with van der Waals surface area (Å²) in [5.41, 5.74) is 4.65. The molecule has 1 rings (SSSR count). The van der Waals surface area contributed by atoms with Crippen LogP contribution < -0.4 is 10.5 Å². The predicted molar refractivity (Wildman–Crippen MR) is 90.8 cm³/mol. The molecule has 130 valence electrons. The van der Waals surface area contributed by atoms with E-state index >= 15 is 0 Å². The Balaban J connectivity index is 3.35. The Kier molecular flexibility index (Phi) is 6.32. The van der Waals surface area contributed by atoms with Crippen molar-refractivity contribution in [3.05, 3.63) is 28.5 Å². The first-order valence-corrected chi connectivity index (χ1v) is 8.45. The molecule has 2 atom stereocenters. The van der Waals surface area contributed by atoms with Crippen molar-refractivity contribution in [1.82, 2.24) is 4.72 Å². The molecule has 8 heteroatoms. The molecule has 3 N–H and O–H groups in total. The Labute approximate surface area is 144 Å². The minimum Gasteiger partial charge on any atom is -0.598 e. The number of carbonyl (C=O) groups is 1. The van der Waals surface area contributed by atoms with Gasteiger partial charge in [0.05, 0.1) is 29.8 Å². The number of rotatable bonds is 5. The number of nitrogens with two attached hydrogens (primary N) is 1. The number of ether oxygens (including phenoxy) is 1. The van der Waals surface area contributed by atoms with Gasteiger partial charge in [-0.3, -0.25) is 4.79 Å². The van der Waals surface area contributed by atoms with Gasteiger partial charge in [0.2, 0.25) is 0 Å². The number of carbonyl (C=O) groups excluding carboxylic acids is 1. The van der Waals surface area contributed by atoms with Crippen LogP contribution in [0, 0.1) is 5.82 Å². The van der Waals surface area contributed by atoms with Gasteiger partial charge in [-0.1, -0.05) is 17.7 Å². The SMILES string of the molecule is COC(=O)C[C@](C)(N[S+]([O-])C(C)(C)C)c1ccc(F)c(N)c1Cl. The largest absolute Gasteiger partial charge is 0.598 e. The molecule has 1 aromatic rings. The van der Waals surface area contributed by atoms with Crippen molar-refractivity contribution in [2.75, 3.05) is 12.8 Å². The second-order valence-corrected chi connectivity index (χ2v) is 8.74. The smallest absolute Gasteiger partial charge is 0.307 e. The molecule has 1 aromatic carbocycles. The first-order chi connectivity index (χ1) is 10.4. The third-order valence-electron chi connectivity index (χ3n) is 3.32. The lowest BCUT2D eigenvalue weighted by atomic mass is 9.89. The second kappa shape index (κ2) is 7.25. The lowest BCUT2D eigenvalue weighted by molar-refractivity contribution is -0.142. The standard InChI is InChI=1S/C15H22ClFN2O3S/c1-14(2,3)23(21)19-15(4,8-11(20)22-5)9-6-7-10(17)13(18)12(9)16/h6-7,19H,8,18H2,1-5H3/t15-,23?/m0/s1. The molecule has 1 unspecified atom stereocenters.